The lowest BCUT2D eigenvalue weighted by Gasteiger charge is -2.13. The Morgan fingerprint density at radius 2 is 1.91 bits per heavy atom. The van der Waals surface area contributed by atoms with Gasteiger partial charge in [-0.1, -0.05) is 53.9 Å². The zero-order valence-electron chi connectivity index (χ0n) is 17.9. The summed E-state index contributed by atoms with van der Waals surface area (Å²) in [6, 6.07) is 10.8. The minimum atomic E-state index is -1.15. The third-order valence-electron chi connectivity index (χ3n) is 5.08. The minimum absolute atomic E-state index is 0.113. The second-order valence-corrected chi connectivity index (χ2v) is 8.51. The Hall–Kier alpha value is -3.14. The number of benzene rings is 2. The highest BCUT2D eigenvalue weighted by molar-refractivity contribution is 6.37. The van der Waals surface area contributed by atoms with E-state index in [2.05, 4.69) is 25.6 Å². The van der Waals surface area contributed by atoms with Crippen molar-refractivity contribution in [2.75, 3.05) is 0 Å². The standard InChI is InChI=1S/C22H19Cl3N6O3/c1-2-3-17-26-19(22(32)33)20(25)31(17)10-12-4-6-13(7-5-12)34-11-15-16(23)9-8-14(18(15)24)21-27-29-30-28-21/h4-9H,2-3,10-11H2,1H3,(H,32,33)(H,27,28,29,30). The summed E-state index contributed by atoms with van der Waals surface area (Å²) in [5.41, 5.74) is 1.97. The number of aromatic amines is 1. The quantitative estimate of drug-likeness (QED) is 0.307. The third kappa shape index (κ3) is 5.01. The first-order chi connectivity index (χ1) is 16.4. The van der Waals surface area contributed by atoms with Crippen LogP contribution in [0.15, 0.2) is 36.4 Å². The largest absolute Gasteiger partial charge is 0.489 e. The van der Waals surface area contributed by atoms with Crippen LogP contribution in [0.25, 0.3) is 11.4 Å². The molecule has 0 aliphatic rings. The number of aryl methyl sites for hydroxylation is 1. The van der Waals surface area contributed by atoms with Crippen molar-refractivity contribution in [2.24, 2.45) is 0 Å². The molecule has 4 rings (SSSR count). The van der Waals surface area contributed by atoms with Crippen molar-refractivity contribution < 1.29 is 14.6 Å². The molecule has 0 spiro atoms. The maximum Gasteiger partial charge on any atom is 0.357 e. The van der Waals surface area contributed by atoms with Crippen LogP contribution in [0.5, 0.6) is 5.75 Å². The van der Waals surface area contributed by atoms with E-state index in [0.717, 1.165) is 12.0 Å². The molecule has 176 valence electrons. The lowest BCUT2D eigenvalue weighted by Crippen LogP contribution is -2.06. The molecule has 9 nitrogen and oxygen atoms in total. The maximum absolute atomic E-state index is 11.4. The van der Waals surface area contributed by atoms with Gasteiger partial charge in [0.1, 0.15) is 23.3 Å². The van der Waals surface area contributed by atoms with Crippen LogP contribution >= 0.6 is 34.8 Å². The molecule has 0 saturated carbocycles. The van der Waals surface area contributed by atoms with Gasteiger partial charge in [-0.25, -0.2) is 9.78 Å². The van der Waals surface area contributed by atoms with Gasteiger partial charge in [0.25, 0.3) is 0 Å². The molecule has 2 aromatic heterocycles. The molecule has 4 aromatic rings. The number of tetrazole rings is 1. The second-order valence-electron chi connectivity index (χ2n) is 7.36. The Balaban J connectivity index is 1.49. The average Bonchev–Trinajstić information content (AvgIpc) is 3.45. The molecule has 0 aliphatic carbocycles. The number of aromatic nitrogens is 6. The van der Waals surface area contributed by atoms with Gasteiger partial charge in [-0.15, -0.1) is 10.2 Å². The summed E-state index contributed by atoms with van der Waals surface area (Å²) in [6.45, 7) is 2.52. The summed E-state index contributed by atoms with van der Waals surface area (Å²) < 4.78 is 7.61. The van der Waals surface area contributed by atoms with Gasteiger partial charge in [-0.3, -0.25) is 0 Å². The number of hydrogen-bond donors (Lipinski definition) is 2. The SMILES string of the molecule is CCCc1nc(C(=O)O)c(Cl)n1Cc1ccc(OCc2c(Cl)ccc(-c3nn[nH]n3)c2Cl)cc1. The molecule has 2 heterocycles. The molecule has 2 aromatic carbocycles. The maximum atomic E-state index is 11.4. The number of carboxylic acids is 1. The molecule has 0 amide bonds. The number of imidazole rings is 1. The fourth-order valence-corrected chi connectivity index (χ4v) is 4.24. The minimum Gasteiger partial charge on any atom is -0.489 e. The van der Waals surface area contributed by atoms with Crippen molar-refractivity contribution >= 4 is 40.8 Å². The van der Waals surface area contributed by atoms with E-state index in [9.17, 15) is 9.90 Å². The molecule has 0 atom stereocenters. The Bertz CT molecular complexity index is 1310. The lowest BCUT2D eigenvalue weighted by molar-refractivity contribution is 0.0691. The average molecular weight is 522 g/mol. The van der Waals surface area contributed by atoms with E-state index >= 15 is 0 Å². The highest BCUT2D eigenvalue weighted by atomic mass is 35.5. The number of H-pyrrole nitrogens is 1. The summed E-state index contributed by atoms with van der Waals surface area (Å²) in [6.07, 6.45) is 1.44. The van der Waals surface area contributed by atoms with Crippen molar-refractivity contribution in [2.45, 2.75) is 32.9 Å². The topological polar surface area (TPSA) is 119 Å². The molecular weight excluding hydrogens is 503 g/mol. The first-order valence-electron chi connectivity index (χ1n) is 10.3. The first kappa shape index (κ1) is 24.0. The van der Waals surface area contributed by atoms with Gasteiger partial charge in [0.05, 0.1) is 11.6 Å². The molecular formula is C22H19Cl3N6O3. The van der Waals surface area contributed by atoms with Crippen LogP contribution in [-0.4, -0.2) is 41.3 Å². The number of aromatic carboxylic acids is 1. The molecule has 0 aliphatic heterocycles. The first-order valence-corrected chi connectivity index (χ1v) is 11.4. The van der Waals surface area contributed by atoms with Crippen molar-refractivity contribution in [3.8, 4) is 17.1 Å². The van der Waals surface area contributed by atoms with Crippen LogP contribution < -0.4 is 4.74 Å². The molecule has 12 heteroatoms. The van der Waals surface area contributed by atoms with E-state index in [1.807, 2.05) is 31.2 Å². The number of carbonyl (C=O) groups is 1. The number of nitrogens with one attached hydrogen (secondary N) is 1. The zero-order valence-corrected chi connectivity index (χ0v) is 20.2. The molecule has 0 bridgehead atoms. The van der Waals surface area contributed by atoms with Crippen molar-refractivity contribution in [1.82, 2.24) is 30.2 Å². The van der Waals surface area contributed by atoms with Crippen molar-refractivity contribution in [1.29, 1.82) is 0 Å². The monoisotopic (exact) mass is 520 g/mol. The highest BCUT2D eigenvalue weighted by Crippen LogP contribution is 2.34. The third-order valence-corrected chi connectivity index (χ3v) is 6.25. The van der Waals surface area contributed by atoms with Gasteiger partial charge in [0, 0.05) is 22.6 Å². The molecule has 0 radical (unpaired) electrons. The fraction of sp³-hybridized carbons (Fsp3) is 0.227. The Morgan fingerprint density at radius 1 is 1.15 bits per heavy atom. The van der Waals surface area contributed by atoms with Crippen molar-refractivity contribution in [3.05, 3.63) is 74.2 Å². The number of carboxylic acid groups (broad SMARTS) is 1. The van der Waals surface area contributed by atoms with Crippen molar-refractivity contribution in [3.63, 3.8) is 0 Å². The van der Waals surface area contributed by atoms with Gasteiger partial charge in [0.15, 0.2) is 5.69 Å². The predicted octanol–water partition coefficient (Wildman–Crippen LogP) is 5.30. The van der Waals surface area contributed by atoms with E-state index in [-0.39, 0.29) is 17.5 Å². The van der Waals surface area contributed by atoms with Gasteiger partial charge in [-0.2, -0.15) is 5.21 Å². The van der Waals surface area contributed by atoms with E-state index in [1.54, 1.807) is 16.7 Å². The molecule has 34 heavy (non-hydrogen) atoms. The van der Waals surface area contributed by atoms with E-state index in [4.69, 9.17) is 39.5 Å². The van der Waals surface area contributed by atoms with E-state index < -0.39 is 5.97 Å². The number of rotatable bonds is 9. The Kier molecular flexibility index (Phi) is 7.35. The molecule has 0 unspecified atom stereocenters. The van der Waals surface area contributed by atoms with Crippen LogP contribution in [0, 0.1) is 0 Å². The van der Waals surface area contributed by atoms with E-state index in [0.29, 0.717) is 51.5 Å². The Labute approximate surface area is 209 Å². The second kappa shape index (κ2) is 10.4. The van der Waals surface area contributed by atoms with Gasteiger partial charge < -0.3 is 14.4 Å². The van der Waals surface area contributed by atoms with Crippen LogP contribution in [0.2, 0.25) is 15.2 Å². The van der Waals surface area contributed by atoms with Gasteiger partial charge >= 0.3 is 5.97 Å². The summed E-state index contributed by atoms with van der Waals surface area (Å²) in [7, 11) is 0. The predicted molar refractivity (Wildman–Crippen MR) is 128 cm³/mol. The lowest BCUT2D eigenvalue weighted by atomic mass is 10.1. The number of hydrogen-bond acceptors (Lipinski definition) is 6. The molecule has 0 fully saturated rings. The van der Waals surface area contributed by atoms with Crippen LogP contribution in [-0.2, 0) is 19.6 Å². The summed E-state index contributed by atoms with van der Waals surface area (Å²) in [5, 5.41) is 24.1. The zero-order chi connectivity index (χ0) is 24.2. The summed E-state index contributed by atoms with van der Waals surface area (Å²) in [4.78, 5) is 15.6. The normalized spacial score (nSPS) is 11.1. The van der Waals surface area contributed by atoms with Crippen LogP contribution in [0.4, 0.5) is 0 Å². The Morgan fingerprint density at radius 3 is 2.56 bits per heavy atom. The van der Waals surface area contributed by atoms with Crippen LogP contribution in [0.3, 0.4) is 0 Å². The number of nitrogens with zero attached hydrogens (tertiary/aromatic N) is 5. The highest BCUT2D eigenvalue weighted by Gasteiger charge is 2.20. The fourth-order valence-electron chi connectivity index (χ4n) is 3.40. The van der Waals surface area contributed by atoms with E-state index in [1.165, 1.54) is 0 Å². The van der Waals surface area contributed by atoms with Gasteiger partial charge in [-0.05, 0) is 41.5 Å². The summed E-state index contributed by atoms with van der Waals surface area (Å²) >= 11 is 19.1. The number of halogens is 3. The van der Waals surface area contributed by atoms with Crippen LogP contribution in [0.1, 0.15) is 40.8 Å². The smallest absolute Gasteiger partial charge is 0.357 e. The molecule has 2 N–H and O–H groups in total. The molecule has 0 saturated heterocycles. The summed E-state index contributed by atoms with van der Waals surface area (Å²) in [5.74, 6) is 0.457. The van der Waals surface area contributed by atoms with Gasteiger partial charge in [0.2, 0.25) is 5.82 Å². The number of ether oxygens (including phenoxy) is 1.